The Morgan fingerprint density at radius 1 is 1.36 bits per heavy atom. The van der Waals surface area contributed by atoms with Crippen LogP contribution in [-0.4, -0.2) is 27.2 Å². The number of nitrogens with one attached hydrogen (secondary N) is 1. The van der Waals surface area contributed by atoms with E-state index in [1.165, 1.54) is 16.7 Å². The first-order chi connectivity index (χ1) is 10.6. The molecule has 0 saturated carbocycles. The summed E-state index contributed by atoms with van der Waals surface area (Å²) in [4.78, 5) is 25.6. The fraction of sp³-hybridized carbons (Fsp3) is 0.500. The van der Waals surface area contributed by atoms with Crippen molar-refractivity contribution in [2.75, 3.05) is 4.43 Å². The highest BCUT2D eigenvalue weighted by Crippen LogP contribution is 2.40. The van der Waals surface area contributed by atoms with Gasteiger partial charge in [0.25, 0.3) is 0 Å². The van der Waals surface area contributed by atoms with Crippen molar-refractivity contribution in [3.63, 3.8) is 0 Å². The molecule has 0 aromatic heterocycles. The van der Waals surface area contributed by atoms with Gasteiger partial charge < -0.3 is 0 Å². The summed E-state index contributed by atoms with van der Waals surface area (Å²) in [5, 5.41) is 2.38. The Bertz CT molecular complexity index is 608. The van der Waals surface area contributed by atoms with E-state index in [1.807, 2.05) is 0 Å². The highest BCUT2D eigenvalue weighted by molar-refractivity contribution is 14.1. The topological polar surface area (TPSA) is 49.4 Å². The van der Waals surface area contributed by atoms with Gasteiger partial charge in [-0.1, -0.05) is 40.8 Å². The number of piperidine rings is 1. The third-order valence-electron chi connectivity index (χ3n) is 4.43. The van der Waals surface area contributed by atoms with Crippen LogP contribution in [0.4, 0.5) is 0 Å². The number of fused-ring (bicyclic) bond motifs is 1. The first kappa shape index (κ1) is 16.3. The molecule has 0 bridgehead atoms. The van der Waals surface area contributed by atoms with E-state index in [0.29, 0.717) is 12.8 Å². The summed E-state index contributed by atoms with van der Waals surface area (Å²) in [6, 6.07) is 6.11. The molecule has 2 heterocycles. The van der Waals surface area contributed by atoms with Crippen LogP contribution in [0.5, 0.6) is 0 Å². The van der Waals surface area contributed by atoms with E-state index in [1.54, 1.807) is 0 Å². The predicted molar refractivity (Wildman–Crippen MR) is 97.1 cm³/mol. The number of hydrogen-bond acceptors (Lipinski definition) is 4. The molecule has 2 aliphatic heterocycles. The molecule has 0 radical (unpaired) electrons. The normalized spacial score (nSPS) is 25.2. The third kappa shape index (κ3) is 3.05. The van der Waals surface area contributed by atoms with Crippen LogP contribution in [0.2, 0.25) is 0 Å². The number of alkyl halides is 1. The predicted octanol–water partition coefficient (Wildman–Crippen LogP) is 2.60. The van der Waals surface area contributed by atoms with Crippen LogP contribution in [0.25, 0.3) is 0 Å². The highest BCUT2D eigenvalue weighted by atomic mass is 127. The third-order valence-corrected chi connectivity index (χ3v) is 5.77. The number of benzene rings is 1. The second-order valence-corrected chi connectivity index (χ2v) is 7.36. The number of amides is 2. The van der Waals surface area contributed by atoms with E-state index in [-0.39, 0.29) is 23.2 Å². The molecule has 3 rings (SSSR count). The molecule has 2 amide bonds. The number of thiol groups is 1. The summed E-state index contributed by atoms with van der Waals surface area (Å²) in [5.74, 6) is -0.353. The Kier molecular flexibility index (Phi) is 5.09. The number of nitrogens with zero attached hydrogens (tertiary/aromatic N) is 1. The molecule has 2 atom stereocenters. The monoisotopic (exact) mass is 430 g/mol. The van der Waals surface area contributed by atoms with Crippen molar-refractivity contribution in [3.05, 3.63) is 34.9 Å². The Morgan fingerprint density at radius 2 is 2.18 bits per heavy atom. The van der Waals surface area contributed by atoms with Gasteiger partial charge in [0.05, 0.1) is 11.4 Å². The van der Waals surface area contributed by atoms with Crippen LogP contribution in [0.3, 0.4) is 0 Å². The average Bonchev–Trinajstić information content (AvgIpc) is 2.83. The fourth-order valence-electron chi connectivity index (χ4n) is 3.31. The van der Waals surface area contributed by atoms with E-state index in [9.17, 15) is 9.59 Å². The Hall–Kier alpha value is -0.600. The lowest BCUT2D eigenvalue weighted by Crippen LogP contribution is -2.51. The summed E-state index contributed by atoms with van der Waals surface area (Å²) in [6.07, 6.45) is 3.21. The molecule has 1 N–H and O–H groups in total. The SMILES string of the molecule is O=C1CCC(N2Cc3c(CCCI)cccc3C2S)C(=O)N1. The molecule has 1 saturated heterocycles. The van der Waals surface area contributed by atoms with Crippen LogP contribution in [-0.2, 0) is 22.6 Å². The molecular weight excluding hydrogens is 411 g/mol. The van der Waals surface area contributed by atoms with E-state index in [2.05, 4.69) is 51.0 Å². The maximum absolute atomic E-state index is 12.1. The van der Waals surface area contributed by atoms with Crippen LogP contribution in [0.15, 0.2) is 18.2 Å². The van der Waals surface area contributed by atoms with Crippen molar-refractivity contribution in [2.45, 2.75) is 43.6 Å². The van der Waals surface area contributed by atoms with Gasteiger partial charge in [0.1, 0.15) is 0 Å². The molecule has 22 heavy (non-hydrogen) atoms. The van der Waals surface area contributed by atoms with Gasteiger partial charge in [0.2, 0.25) is 11.8 Å². The minimum absolute atomic E-state index is 0.0708. The molecule has 1 fully saturated rings. The van der Waals surface area contributed by atoms with Gasteiger partial charge in [-0.3, -0.25) is 19.8 Å². The van der Waals surface area contributed by atoms with Gasteiger partial charge >= 0.3 is 0 Å². The standard InChI is InChI=1S/C16H19IN2O2S/c17-8-2-4-10-3-1-5-11-12(10)9-19(16(11)22)13-6-7-14(20)18-15(13)21/h1,3,5,13,16,22H,2,4,6-9H2,(H,18,20,21). The molecule has 0 aliphatic carbocycles. The number of rotatable bonds is 4. The minimum atomic E-state index is -0.259. The molecule has 4 nitrogen and oxygen atoms in total. The van der Waals surface area contributed by atoms with E-state index < -0.39 is 0 Å². The smallest absolute Gasteiger partial charge is 0.243 e. The van der Waals surface area contributed by atoms with Crippen molar-refractivity contribution in [1.82, 2.24) is 10.2 Å². The molecule has 1 aromatic carbocycles. The number of aryl methyl sites for hydroxylation is 1. The van der Waals surface area contributed by atoms with Gasteiger partial charge in [0.15, 0.2) is 0 Å². The van der Waals surface area contributed by atoms with E-state index in [0.717, 1.165) is 23.8 Å². The molecule has 118 valence electrons. The average molecular weight is 430 g/mol. The lowest BCUT2D eigenvalue weighted by atomic mass is 10.00. The van der Waals surface area contributed by atoms with Crippen LogP contribution < -0.4 is 5.32 Å². The molecular formula is C16H19IN2O2S. The Labute approximate surface area is 149 Å². The van der Waals surface area contributed by atoms with Gasteiger partial charge in [-0.05, 0) is 40.4 Å². The second kappa shape index (κ2) is 6.88. The summed E-state index contributed by atoms with van der Waals surface area (Å²) >= 11 is 7.14. The lowest BCUT2D eigenvalue weighted by molar-refractivity contribution is -0.137. The molecule has 2 unspecified atom stereocenters. The van der Waals surface area contributed by atoms with Crippen molar-refractivity contribution in [2.24, 2.45) is 0 Å². The fourth-order valence-corrected chi connectivity index (χ4v) is 4.17. The van der Waals surface area contributed by atoms with Gasteiger partial charge in [0, 0.05) is 13.0 Å². The summed E-state index contributed by atoms with van der Waals surface area (Å²) < 4.78 is 1.14. The lowest BCUT2D eigenvalue weighted by Gasteiger charge is -2.32. The van der Waals surface area contributed by atoms with Gasteiger partial charge in [-0.15, -0.1) is 0 Å². The Morgan fingerprint density at radius 3 is 2.91 bits per heavy atom. The minimum Gasteiger partial charge on any atom is -0.295 e. The first-order valence-corrected chi connectivity index (χ1v) is 9.60. The molecule has 1 aromatic rings. The largest absolute Gasteiger partial charge is 0.295 e. The zero-order chi connectivity index (χ0) is 15.7. The second-order valence-electron chi connectivity index (χ2n) is 5.79. The highest BCUT2D eigenvalue weighted by Gasteiger charge is 2.39. The molecule has 0 spiro atoms. The maximum Gasteiger partial charge on any atom is 0.243 e. The number of halogens is 1. The number of carbonyl (C=O) groups excluding carboxylic acids is 2. The van der Waals surface area contributed by atoms with Crippen molar-refractivity contribution in [1.29, 1.82) is 0 Å². The Balaban J connectivity index is 1.83. The van der Waals surface area contributed by atoms with Gasteiger partial charge in [-0.25, -0.2) is 0 Å². The first-order valence-electron chi connectivity index (χ1n) is 7.56. The van der Waals surface area contributed by atoms with Crippen molar-refractivity contribution in [3.8, 4) is 0 Å². The number of carbonyl (C=O) groups is 2. The summed E-state index contributed by atoms with van der Waals surface area (Å²) in [6.45, 7) is 0.743. The quantitative estimate of drug-likeness (QED) is 0.334. The zero-order valence-corrected chi connectivity index (χ0v) is 15.3. The maximum atomic E-state index is 12.1. The molecule has 6 heteroatoms. The van der Waals surface area contributed by atoms with Crippen LogP contribution in [0.1, 0.15) is 41.3 Å². The van der Waals surface area contributed by atoms with Crippen molar-refractivity contribution >= 4 is 47.0 Å². The number of hydrogen-bond donors (Lipinski definition) is 2. The van der Waals surface area contributed by atoms with Crippen LogP contribution in [0, 0.1) is 0 Å². The number of imide groups is 1. The summed E-state index contributed by atoms with van der Waals surface area (Å²) in [7, 11) is 0. The van der Waals surface area contributed by atoms with Crippen molar-refractivity contribution < 1.29 is 9.59 Å². The summed E-state index contributed by atoms with van der Waals surface area (Å²) in [5.41, 5.74) is 3.89. The van der Waals surface area contributed by atoms with E-state index >= 15 is 0 Å². The zero-order valence-electron chi connectivity index (χ0n) is 12.2. The molecule has 2 aliphatic rings. The van der Waals surface area contributed by atoms with Gasteiger partial charge in [-0.2, -0.15) is 12.6 Å². The van der Waals surface area contributed by atoms with E-state index in [4.69, 9.17) is 12.6 Å². The van der Waals surface area contributed by atoms with Crippen LogP contribution >= 0.6 is 35.2 Å².